The van der Waals surface area contributed by atoms with Crippen LogP contribution in [0.1, 0.15) is 11.1 Å². The Kier molecular flexibility index (Phi) is 5.26. The van der Waals surface area contributed by atoms with Crippen molar-refractivity contribution in [2.45, 2.75) is 13.2 Å². The summed E-state index contributed by atoms with van der Waals surface area (Å²) >= 11 is 0. The van der Waals surface area contributed by atoms with Crippen molar-refractivity contribution < 1.29 is 10.2 Å². The van der Waals surface area contributed by atoms with Crippen molar-refractivity contribution in [3.05, 3.63) is 59.7 Å². The van der Waals surface area contributed by atoms with Crippen LogP contribution in [0, 0.1) is 0 Å². The molecular weight excluding hydrogens is 409 g/mol. The van der Waals surface area contributed by atoms with Crippen LogP contribution >= 0.6 is 0 Å². The summed E-state index contributed by atoms with van der Waals surface area (Å²) in [6.07, 6.45) is 0. The topological polar surface area (TPSA) is 40.5 Å². The zero-order valence-electron chi connectivity index (χ0n) is 16.9. The largest absolute Gasteiger partial charge is 0.392 e. The highest BCUT2D eigenvalue weighted by Gasteiger charge is 2.18. The molecule has 0 saturated carbocycles. The van der Waals surface area contributed by atoms with Crippen LogP contribution in [0.15, 0.2) is 48.5 Å². The molecule has 0 spiro atoms. The molecule has 4 rings (SSSR count). The lowest BCUT2D eigenvalue weighted by atomic mass is 9.87. The van der Waals surface area contributed by atoms with Crippen LogP contribution in [0.5, 0.6) is 0 Å². The van der Waals surface area contributed by atoms with E-state index in [9.17, 15) is 10.2 Å². The first-order valence-corrected chi connectivity index (χ1v) is 13.7. The second kappa shape index (κ2) is 7.55. The van der Waals surface area contributed by atoms with E-state index < -0.39 is 0 Å². The van der Waals surface area contributed by atoms with Gasteiger partial charge in [0.05, 0.1) is 13.2 Å². The van der Waals surface area contributed by atoms with Gasteiger partial charge in [0, 0.05) is 41.0 Å². The number of rotatable bonds is 3. The van der Waals surface area contributed by atoms with Gasteiger partial charge in [-0.3, -0.25) is 0 Å². The maximum Gasteiger partial charge on any atom is 0.0688 e. The molecule has 0 fully saturated rings. The third-order valence-corrected chi connectivity index (χ3v) is 8.65. The first-order chi connectivity index (χ1) is 13.4. The predicted octanol–water partition coefficient (Wildman–Crippen LogP) is -3.39. The quantitative estimate of drug-likeness (QED) is 0.330. The number of benzene rings is 4. The highest BCUT2D eigenvalue weighted by Crippen LogP contribution is 2.37. The van der Waals surface area contributed by atoms with Gasteiger partial charge in [0.15, 0.2) is 0 Å². The van der Waals surface area contributed by atoms with Gasteiger partial charge in [0.2, 0.25) is 0 Å². The summed E-state index contributed by atoms with van der Waals surface area (Å²) in [6, 6.07) is 17.8. The van der Waals surface area contributed by atoms with Gasteiger partial charge in [0.1, 0.15) is 0 Å². The van der Waals surface area contributed by atoms with Crippen LogP contribution in [0.25, 0.3) is 32.7 Å². The zero-order chi connectivity index (χ0) is 20.0. The highest BCUT2D eigenvalue weighted by molar-refractivity contribution is 6.43. The van der Waals surface area contributed by atoms with Crippen molar-refractivity contribution in [1.29, 1.82) is 0 Å². The number of fused-ring (bicyclic) bond motifs is 2. The fourth-order valence-electron chi connectivity index (χ4n) is 4.41. The smallest absolute Gasteiger partial charge is 0.0688 e. The molecule has 0 radical (unpaired) electrons. The van der Waals surface area contributed by atoms with Crippen molar-refractivity contribution in [2.75, 3.05) is 0 Å². The first-order valence-electron chi connectivity index (χ1n) is 9.72. The number of hydrogen-bond acceptors (Lipinski definition) is 2. The van der Waals surface area contributed by atoms with E-state index in [-0.39, 0.29) is 13.2 Å². The summed E-state index contributed by atoms with van der Waals surface area (Å²) in [5.41, 5.74) is 4.11. The van der Waals surface area contributed by atoms with Crippen LogP contribution in [0.3, 0.4) is 0 Å². The van der Waals surface area contributed by atoms with Crippen molar-refractivity contribution in [1.82, 2.24) is 0 Å². The summed E-state index contributed by atoms with van der Waals surface area (Å²) < 4.78 is 0. The molecule has 0 aliphatic rings. The molecule has 0 aromatic heterocycles. The molecule has 0 unspecified atom stereocenters. The molecule has 4 aromatic rings. The number of hydrogen-bond donors (Lipinski definition) is 2. The Labute approximate surface area is 177 Å². The molecule has 0 bridgehead atoms. The average Bonchev–Trinajstić information content (AvgIpc) is 2.69. The molecule has 0 aliphatic heterocycles. The standard InChI is InChI=1S/C22H26O2Si4/c23-9-11-5-19(27)17-7-13(25)1-3-15(17)21(11)22-12(10-24)6-20(28)18-8-14(26)2-4-16(18)22/h1-8,23-24H,9-10H2,25-28H3. The van der Waals surface area contributed by atoms with Crippen LogP contribution in [0.2, 0.25) is 0 Å². The van der Waals surface area contributed by atoms with Crippen molar-refractivity contribution in [3.8, 4) is 11.1 Å². The van der Waals surface area contributed by atoms with Gasteiger partial charge in [-0.2, -0.15) is 0 Å². The number of aliphatic hydroxyl groups excluding tert-OH is 2. The third-order valence-electron chi connectivity index (χ3n) is 5.75. The fourth-order valence-corrected chi connectivity index (χ4v) is 6.85. The molecule has 2 N–H and O–H groups in total. The van der Waals surface area contributed by atoms with E-state index in [2.05, 4.69) is 48.5 Å². The zero-order valence-corrected chi connectivity index (χ0v) is 24.9. The lowest BCUT2D eigenvalue weighted by molar-refractivity contribution is 0.280. The molecular formula is C22H26O2Si4. The Morgan fingerprint density at radius 3 is 1.29 bits per heavy atom. The Morgan fingerprint density at radius 2 is 0.929 bits per heavy atom. The van der Waals surface area contributed by atoms with Crippen LogP contribution in [-0.4, -0.2) is 51.2 Å². The fraction of sp³-hybridized carbons (Fsp3) is 0.0909. The minimum Gasteiger partial charge on any atom is -0.392 e. The molecule has 0 amide bonds. The summed E-state index contributed by atoms with van der Waals surface area (Å²) in [5.74, 6) is 0. The average molecular weight is 435 g/mol. The third kappa shape index (κ3) is 3.16. The van der Waals surface area contributed by atoms with Gasteiger partial charge in [-0.15, -0.1) is 0 Å². The SMILES string of the molecule is OCc1cc([SiH3])c2cc([SiH3])ccc2c1-c1c(CO)cc([SiH3])c2cc([SiH3])ccc12. The second-order valence-electron chi connectivity index (χ2n) is 7.87. The van der Waals surface area contributed by atoms with Gasteiger partial charge in [-0.1, -0.05) is 69.3 Å². The van der Waals surface area contributed by atoms with E-state index >= 15 is 0 Å². The predicted molar refractivity (Wildman–Crippen MR) is 137 cm³/mol. The lowest BCUT2D eigenvalue weighted by Crippen LogP contribution is -2.14. The normalized spacial score (nSPS) is 11.9. The Bertz CT molecular complexity index is 1140. The van der Waals surface area contributed by atoms with Crippen LogP contribution < -0.4 is 20.7 Å². The molecule has 142 valence electrons. The second-order valence-corrected chi connectivity index (χ2v) is 12.3. The Balaban J connectivity index is 2.24. The molecule has 28 heavy (non-hydrogen) atoms. The minimum atomic E-state index is 0.0108. The molecule has 2 nitrogen and oxygen atoms in total. The lowest BCUT2D eigenvalue weighted by Gasteiger charge is -2.21. The van der Waals surface area contributed by atoms with Crippen molar-refractivity contribution in [2.24, 2.45) is 0 Å². The Hall–Kier alpha value is -1.81. The highest BCUT2D eigenvalue weighted by atomic mass is 28.2. The van der Waals surface area contributed by atoms with Crippen LogP contribution in [-0.2, 0) is 13.2 Å². The van der Waals surface area contributed by atoms with Gasteiger partial charge in [-0.25, -0.2) is 0 Å². The van der Waals surface area contributed by atoms with Crippen molar-refractivity contribution >= 4 is 83.3 Å². The summed E-state index contributed by atoms with van der Waals surface area (Å²) in [5, 5.41) is 30.9. The van der Waals surface area contributed by atoms with Gasteiger partial charge in [0.25, 0.3) is 0 Å². The maximum atomic E-state index is 10.2. The summed E-state index contributed by atoms with van der Waals surface area (Å²) in [4.78, 5) is 0. The monoisotopic (exact) mass is 434 g/mol. The van der Waals surface area contributed by atoms with Gasteiger partial charge < -0.3 is 10.2 Å². The first kappa shape index (κ1) is 19.5. The van der Waals surface area contributed by atoms with E-state index in [1.165, 1.54) is 42.3 Å². The van der Waals surface area contributed by atoms with E-state index in [0.717, 1.165) is 63.2 Å². The molecule has 0 heterocycles. The van der Waals surface area contributed by atoms with E-state index in [1.807, 2.05) is 0 Å². The summed E-state index contributed by atoms with van der Waals surface area (Å²) in [6.45, 7) is 0.0216. The van der Waals surface area contributed by atoms with Gasteiger partial charge >= 0.3 is 0 Å². The molecule has 0 saturated heterocycles. The van der Waals surface area contributed by atoms with Gasteiger partial charge in [-0.05, 0) is 43.8 Å². The Morgan fingerprint density at radius 1 is 0.536 bits per heavy atom. The maximum absolute atomic E-state index is 10.2. The minimum absolute atomic E-state index is 0.0108. The molecule has 0 aliphatic carbocycles. The van der Waals surface area contributed by atoms with E-state index in [4.69, 9.17) is 0 Å². The number of aliphatic hydroxyl groups is 2. The van der Waals surface area contributed by atoms with E-state index in [1.54, 1.807) is 0 Å². The molecule has 6 heteroatoms. The summed E-state index contributed by atoms with van der Waals surface area (Å²) in [7, 11) is 3.94. The van der Waals surface area contributed by atoms with E-state index in [0.29, 0.717) is 0 Å². The molecule has 0 atom stereocenters. The van der Waals surface area contributed by atoms with Crippen LogP contribution in [0.4, 0.5) is 0 Å². The van der Waals surface area contributed by atoms with Crippen molar-refractivity contribution in [3.63, 3.8) is 0 Å². The molecule has 4 aromatic carbocycles.